The number of rotatable bonds is 2. The number of aliphatic hydroxyl groups is 1. The molecule has 0 spiro atoms. The minimum absolute atomic E-state index is 0.00523. The van der Waals surface area contributed by atoms with Crippen molar-refractivity contribution in [3.05, 3.63) is 29.6 Å². The Balaban J connectivity index is 2.18. The summed E-state index contributed by atoms with van der Waals surface area (Å²) in [6, 6.07) is 2.07. The largest absolute Gasteiger partial charge is 0.395 e. The fraction of sp³-hybridized carbons (Fsp3) is 0.500. The zero-order valence-electron chi connectivity index (χ0n) is 12.5. The fourth-order valence-electron chi connectivity index (χ4n) is 2.30. The van der Waals surface area contributed by atoms with E-state index in [-0.39, 0.29) is 12.5 Å². The second-order valence-electron chi connectivity index (χ2n) is 5.28. The van der Waals surface area contributed by atoms with Gasteiger partial charge in [-0.1, -0.05) is 11.8 Å². The van der Waals surface area contributed by atoms with Crippen molar-refractivity contribution < 1.29 is 9.90 Å². The number of aliphatic hydroxyl groups excluding tert-OH is 1. The summed E-state index contributed by atoms with van der Waals surface area (Å²) in [5.41, 5.74) is 1.22. The molecule has 0 aliphatic carbocycles. The average Bonchev–Trinajstić information content (AvgIpc) is 2.50. The molecule has 5 heteroatoms. The zero-order chi connectivity index (χ0) is 15.2. The molecule has 112 valence electrons. The molecule has 0 aromatic carbocycles. The van der Waals surface area contributed by atoms with Crippen LogP contribution in [0.3, 0.4) is 0 Å². The first-order valence-corrected chi connectivity index (χ1v) is 7.16. The lowest BCUT2D eigenvalue weighted by atomic mass is 10.1. The summed E-state index contributed by atoms with van der Waals surface area (Å²) in [7, 11) is 2.07. The molecule has 1 aliphatic heterocycles. The van der Waals surface area contributed by atoms with Gasteiger partial charge in [0.25, 0.3) is 5.91 Å². The molecule has 2 heterocycles. The highest BCUT2D eigenvalue weighted by molar-refractivity contribution is 5.96. The van der Waals surface area contributed by atoms with Gasteiger partial charge in [-0.2, -0.15) is 0 Å². The van der Waals surface area contributed by atoms with E-state index in [2.05, 4.69) is 35.7 Å². The number of likely N-dealkylation sites (N-methyl/N-ethyl adjacent to an activating group) is 1. The molecule has 1 aromatic heterocycles. The van der Waals surface area contributed by atoms with E-state index in [1.165, 1.54) is 0 Å². The third kappa shape index (κ3) is 3.81. The van der Waals surface area contributed by atoms with Crippen molar-refractivity contribution >= 4 is 5.91 Å². The Kier molecular flexibility index (Phi) is 5.32. The number of aromatic nitrogens is 1. The van der Waals surface area contributed by atoms with E-state index >= 15 is 0 Å². The van der Waals surface area contributed by atoms with Crippen LogP contribution >= 0.6 is 0 Å². The topological polar surface area (TPSA) is 56.7 Å². The highest BCUT2D eigenvalue weighted by atomic mass is 16.2. The molecular formula is C16H21N3O2. The van der Waals surface area contributed by atoms with Crippen molar-refractivity contribution in [3.8, 4) is 11.8 Å². The van der Waals surface area contributed by atoms with Crippen molar-refractivity contribution in [2.45, 2.75) is 19.4 Å². The van der Waals surface area contributed by atoms with Crippen LogP contribution in [-0.2, 0) is 0 Å². The van der Waals surface area contributed by atoms with Gasteiger partial charge in [-0.15, -0.1) is 0 Å². The molecule has 5 nitrogen and oxygen atoms in total. The molecule has 0 radical (unpaired) electrons. The zero-order valence-corrected chi connectivity index (χ0v) is 12.5. The molecule has 0 bridgehead atoms. The van der Waals surface area contributed by atoms with Crippen LogP contribution in [0.4, 0.5) is 0 Å². The average molecular weight is 287 g/mol. The number of pyridine rings is 1. The van der Waals surface area contributed by atoms with Gasteiger partial charge < -0.3 is 14.9 Å². The summed E-state index contributed by atoms with van der Waals surface area (Å²) in [5.74, 6) is 5.78. The van der Waals surface area contributed by atoms with E-state index in [9.17, 15) is 4.79 Å². The lowest BCUT2D eigenvalue weighted by Gasteiger charge is -2.37. The first-order chi connectivity index (χ1) is 10.1. The summed E-state index contributed by atoms with van der Waals surface area (Å²) >= 11 is 0. The molecule has 1 unspecified atom stereocenters. The first kappa shape index (κ1) is 15.5. The van der Waals surface area contributed by atoms with E-state index in [4.69, 9.17) is 5.11 Å². The maximum atomic E-state index is 12.7. The first-order valence-electron chi connectivity index (χ1n) is 7.16. The maximum Gasteiger partial charge on any atom is 0.255 e. The van der Waals surface area contributed by atoms with Gasteiger partial charge >= 0.3 is 0 Å². The van der Waals surface area contributed by atoms with Gasteiger partial charge in [-0.25, -0.2) is 0 Å². The highest BCUT2D eigenvalue weighted by Crippen LogP contribution is 2.14. The van der Waals surface area contributed by atoms with Gasteiger partial charge in [0.15, 0.2) is 0 Å². The van der Waals surface area contributed by atoms with Crippen molar-refractivity contribution in [1.29, 1.82) is 0 Å². The van der Waals surface area contributed by atoms with Crippen molar-refractivity contribution in [1.82, 2.24) is 14.8 Å². The summed E-state index contributed by atoms with van der Waals surface area (Å²) in [6.45, 7) is 4.47. The van der Waals surface area contributed by atoms with E-state index < -0.39 is 0 Å². The smallest absolute Gasteiger partial charge is 0.255 e. The molecule has 1 N–H and O–H groups in total. The van der Waals surface area contributed by atoms with Crippen molar-refractivity contribution in [2.75, 3.05) is 33.3 Å². The van der Waals surface area contributed by atoms with Crippen LogP contribution in [-0.4, -0.2) is 65.1 Å². The van der Waals surface area contributed by atoms with Gasteiger partial charge in [0, 0.05) is 44.5 Å². The molecule has 21 heavy (non-hydrogen) atoms. The summed E-state index contributed by atoms with van der Waals surface area (Å²) in [4.78, 5) is 20.8. The quantitative estimate of drug-likeness (QED) is 0.809. The standard InChI is InChI=1S/C16H21N3O2/c1-13-12-19(9-8-18(13)2)16(21)15-6-7-17-11-14(15)5-3-4-10-20/h6-7,11,13,20H,4,8-10,12H2,1-2H3. The van der Waals surface area contributed by atoms with E-state index in [0.717, 1.165) is 19.6 Å². The fourth-order valence-corrected chi connectivity index (χ4v) is 2.30. The van der Waals surface area contributed by atoms with Gasteiger partial charge in [0.1, 0.15) is 0 Å². The van der Waals surface area contributed by atoms with Crippen molar-refractivity contribution in [2.24, 2.45) is 0 Å². The molecular weight excluding hydrogens is 266 g/mol. The molecule has 1 saturated heterocycles. The highest BCUT2D eigenvalue weighted by Gasteiger charge is 2.26. The van der Waals surface area contributed by atoms with Crippen LogP contribution in [0.2, 0.25) is 0 Å². The second-order valence-corrected chi connectivity index (χ2v) is 5.28. The van der Waals surface area contributed by atoms with Crippen LogP contribution in [0.15, 0.2) is 18.5 Å². The molecule has 0 saturated carbocycles. The molecule has 1 amide bonds. The van der Waals surface area contributed by atoms with Crippen LogP contribution in [0, 0.1) is 11.8 Å². The minimum Gasteiger partial charge on any atom is -0.395 e. The van der Waals surface area contributed by atoms with Gasteiger partial charge in [0.05, 0.1) is 17.7 Å². The monoisotopic (exact) mass is 287 g/mol. The Hall–Kier alpha value is -1.90. The Bertz CT molecular complexity index is 562. The van der Waals surface area contributed by atoms with Crippen LogP contribution in [0.25, 0.3) is 0 Å². The van der Waals surface area contributed by atoms with Crippen LogP contribution < -0.4 is 0 Å². The Morgan fingerprint density at radius 1 is 1.52 bits per heavy atom. The predicted molar refractivity (Wildman–Crippen MR) is 80.8 cm³/mol. The third-order valence-corrected chi connectivity index (χ3v) is 3.76. The third-order valence-electron chi connectivity index (χ3n) is 3.76. The minimum atomic E-state index is 0.00523. The number of amides is 1. The lowest BCUT2D eigenvalue weighted by Crippen LogP contribution is -2.52. The molecule has 1 fully saturated rings. The summed E-state index contributed by atoms with van der Waals surface area (Å²) < 4.78 is 0. The number of carbonyl (C=O) groups excluding carboxylic acids is 1. The molecule has 1 atom stereocenters. The van der Waals surface area contributed by atoms with Gasteiger partial charge in [-0.3, -0.25) is 9.78 Å². The summed E-state index contributed by atoms with van der Waals surface area (Å²) in [5, 5.41) is 8.78. The Labute approximate surface area is 125 Å². The summed E-state index contributed by atoms with van der Waals surface area (Å²) in [6.07, 6.45) is 3.62. The molecule has 2 rings (SSSR count). The molecule has 1 aromatic rings. The Morgan fingerprint density at radius 2 is 2.33 bits per heavy atom. The lowest BCUT2D eigenvalue weighted by molar-refractivity contribution is 0.0572. The van der Waals surface area contributed by atoms with Gasteiger partial charge in [0.2, 0.25) is 0 Å². The molecule has 1 aliphatic rings. The van der Waals surface area contributed by atoms with Crippen LogP contribution in [0.1, 0.15) is 29.3 Å². The number of nitrogens with zero attached hydrogens (tertiary/aromatic N) is 3. The van der Waals surface area contributed by atoms with Crippen LogP contribution in [0.5, 0.6) is 0 Å². The SMILES string of the molecule is CC1CN(C(=O)c2ccncc2C#CCCO)CCN1C. The van der Waals surface area contributed by atoms with E-state index in [1.54, 1.807) is 18.5 Å². The number of hydrogen-bond acceptors (Lipinski definition) is 4. The van der Waals surface area contributed by atoms with E-state index in [1.807, 2.05) is 4.90 Å². The Morgan fingerprint density at radius 3 is 3.05 bits per heavy atom. The number of piperazine rings is 1. The maximum absolute atomic E-state index is 12.7. The number of carbonyl (C=O) groups is 1. The number of hydrogen-bond donors (Lipinski definition) is 1. The predicted octanol–water partition coefficient (Wildman–Crippen LogP) is 0.592. The van der Waals surface area contributed by atoms with Crippen molar-refractivity contribution in [3.63, 3.8) is 0 Å². The van der Waals surface area contributed by atoms with E-state index in [0.29, 0.717) is 23.6 Å². The normalized spacial score (nSPS) is 19.0. The van der Waals surface area contributed by atoms with Gasteiger partial charge in [-0.05, 0) is 20.0 Å². The second kappa shape index (κ2) is 7.21.